The largest absolute Gasteiger partial charge is 0.496 e. The van der Waals surface area contributed by atoms with Gasteiger partial charge in [0.15, 0.2) is 0 Å². The van der Waals surface area contributed by atoms with Crippen molar-refractivity contribution >= 4 is 5.69 Å². The van der Waals surface area contributed by atoms with E-state index in [4.69, 9.17) is 9.47 Å². The molecule has 6 heteroatoms. The van der Waals surface area contributed by atoms with E-state index < -0.39 is 12.7 Å². The van der Waals surface area contributed by atoms with E-state index in [0.717, 1.165) is 0 Å². The van der Waals surface area contributed by atoms with Gasteiger partial charge in [-0.05, 0) is 19.1 Å². The molecule has 0 spiro atoms. The lowest BCUT2D eigenvalue weighted by Gasteiger charge is -2.16. The maximum atomic E-state index is 12.1. The smallest absolute Gasteiger partial charge is 0.405 e. The van der Waals surface area contributed by atoms with E-state index >= 15 is 0 Å². The summed E-state index contributed by atoms with van der Waals surface area (Å²) in [6, 6.07) is 3.09. The van der Waals surface area contributed by atoms with Gasteiger partial charge in [-0.1, -0.05) is 0 Å². The molecule has 17 heavy (non-hydrogen) atoms. The summed E-state index contributed by atoms with van der Waals surface area (Å²) in [7, 11) is 2.89. The molecule has 0 heterocycles. The Bertz CT molecular complexity index is 391. The highest BCUT2D eigenvalue weighted by molar-refractivity contribution is 5.64. The first-order valence-corrected chi connectivity index (χ1v) is 4.91. The Morgan fingerprint density at radius 1 is 1.18 bits per heavy atom. The topological polar surface area (TPSA) is 30.5 Å². The fraction of sp³-hybridized carbons (Fsp3) is 0.455. The van der Waals surface area contributed by atoms with Crippen molar-refractivity contribution in [2.45, 2.75) is 13.1 Å². The van der Waals surface area contributed by atoms with Gasteiger partial charge in [0.1, 0.15) is 18.0 Å². The molecule has 3 nitrogen and oxygen atoms in total. The monoisotopic (exact) mass is 249 g/mol. The van der Waals surface area contributed by atoms with Crippen LogP contribution in [0.3, 0.4) is 0 Å². The van der Waals surface area contributed by atoms with Crippen molar-refractivity contribution in [2.75, 3.05) is 26.1 Å². The molecular weight excluding hydrogens is 235 g/mol. The molecule has 1 rings (SSSR count). The van der Waals surface area contributed by atoms with Gasteiger partial charge in [-0.3, -0.25) is 0 Å². The minimum Gasteiger partial charge on any atom is -0.496 e. The molecule has 0 aliphatic rings. The number of rotatable bonds is 4. The second kappa shape index (κ2) is 5.16. The van der Waals surface area contributed by atoms with Crippen molar-refractivity contribution in [1.29, 1.82) is 0 Å². The SMILES string of the molecule is COc1ccc(NCC(F)(F)F)c(OC)c1C. The van der Waals surface area contributed by atoms with Crippen LogP contribution in [0.4, 0.5) is 18.9 Å². The summed E-state index contributed by atoms with van der Waals surface area (Å²) in [6.07, 6.45) is -4.27. The zero-order chi connectivity index (χ0) is 13.1. The van der Waals surface area contributed by atoms with Gasteiger partial charge in [-0.25, -0.2) is 0 Å². The standard InChI is InChI=1S/C11H14F3NO2/c1-7-9(16-2)5-4-8(10(7)17-3)15-6-11(12,13)14/h4-5,15H,6H2,1-3H3. The average molecular weight is 249 g/mol. The summed E-state index contributed by atoms with van der Waals surface area (Å²) in [5.41, 5.74) is 0.949. The lowest BCUT2D eigenvalue weighted by atomic mass is 10.1. The van der Waals surface area contributed by atoms with Crippen LogP contribution in [-0.2, 0) is 0 Å². The molecule has 0 aliphatic carbocycles. The van der Waals surface area contributed by atoms with Gasteiger partial charge in [-0.15, -0.1) is 0 Å². The minimum atomic E-state index is -4.27. The molecule has 1 N–H and O–H groups in total. The third-order valence-corrected chi connectivity index (χ3v) is 2.26. The molecule has 0 aromatic heterocycles. The van der Waals surface area contributed by atoms with Gasteiger partial charge in [0, 0.05) is 5.56 Å². The molecule has 0 fully saturated rings. The normalized spacial score (nSPS) is 11.2. The zero-order valence-electron chi connectivity index (χ0n) is 9.81. The van der Waals surface area contributed by atoms with E-state index in [9.17, 15) is 13.2 Å². The summed E-state index contributed by atoms with van der Waals surface area (Å²) in [5.74, 6) is 0.924. The first kappa shape index (κ1) is 13.5. The van der Waals surface area contributed by atoms with Gasteiger partial charge in [0.2, 0.25) is 0 Å². The van der Waals surface area contributed by atoms with Gasteiger partial charge in [0.25, 0.3) is 0 Å². The van der Waals surface area contributed by atoms with E-state index in [2.05, 4.69) is 5.32 Å². The molecule has 0 atom stereocenters. The van der Waals surface area contributed by atoms with E-state index in [0.29, 0.717) is 22.7 Å². The van der Waals surface area contributed by atoms with E-state index in [1.165, 1.54) is 20.3 Å². The molecular formula is C11H14F3NO2. The van der Waals surface area contributed by atoms with Crippen LogP contribution in [0.15, 0.2) is 12.1 Å². The second-order valence-corrected chi connectivity index (χ2v) is 3.44. The van der Waals surface area contributed by atoms with Crippen molar-refractivity contribution in [3.8, 4) is 11.5 Å². The molecule has 1 aromatic rings. The molecule has 0 radical (unpaired) electrons. The highest BCUT2D eigenvalue weighted by Gasteiger charge is 2.27. The molecule has 1 aromatic carbocycles. The lowest BCUT2D eigenvalue weighted by Crippen LogP contribution is -2.21. The quantitative estimate of drug-likeness (QED) is 0.889. The zero-order valence-corrected chi connectivity index (χ0v) is 9.81. The molecule has 0 amide bonds. The Morgan fingerprint density at radius 2 is 1.82 bits per heavy atom. The van der Waals surface area contributed by atoms with E-state index in [1.807, 2.05) is 0 Å². The number of alkyl halides is 3. The highest BCUT2D eigenvalue weighted by Crippen LogP contribution is 2.35. The van der Waals surface area contributed by atoms with Crippen molar-refractivity contribution in [1.82, 2.24) is 0 Å². The third-order valence-electron chi connectivity index (χ3n) is 2.26. The minimum absolute atomic E-state index is 0.295. The summed E-state index contributed by atoms with van der Waals surface area (Å²) < 4.78 is 46.4. The van der Waals surface area contributed by atoms with Gasteiger partial charge in [0.05, 0.1) is 19.9 Å². The van der Waals surface area contributed by atoms with Crippen LogP contribution in [-0.4, -0.2) is 26.9 Å². The first-order valence-electron chi connectivity index (χ1n) is 4.91. The summed E-state index contributed by atoms with van der Waals surface area (Å²) in [5, 5.41) is 2.29. The Balaban J connectivity index is 2.97. The number of anilines is 1. The average Bonchev–Trinajstić information content (AvgIpc) is 2.25. The first-order chi connectivity index (χ1) is 7.89. The van der Waals surface area contributed by atoms with Crippen LogP contribution in [0.5, 0.6) is 11.5 Å². The van der Waals surface area contributed by atoms with Crippen LogP contribution in [0.25, 0.3) is 0 Å². The van der Waals surface area contributed by atoms with Crippen molar-refractivity contribution in [2.24, 2.45) is 0 Å². The van der Waals surface area contributed by atoms with E-state index in [1.54, 1.807) is 13.0 Å². The molecule has 0 saturated heterocycles. The van der Waals surface area contributed by atoms with Crippen molar-refractivity contribution < 1.29 is 22.6 Å². The van der Waals surface area contributed by atoms with Crippen LogP contribution >= 0.6 is 0 Å². The number of hydrogen-bond donors (Lipinski definition) is 1. The number of ether oxygens (including phenoxy) is 2. The number of nitrogens with one attached hydrogen (secondary N) is 1. The Hall–Kier alpha value is -1.59. The van der Waals surface area contributed by atoms with Gasteiger partial charge < -0.3 is 14.8 Å². The van der Waals surface area contributed by atoms with Crippen LogP contribution < -0.4 is 14.8 Å². The molecule has 0 saturated carbocycles. The van der Waals surface area contributed by atoms with E-state index in [-0.39, 0.29) is 0 Å². The van der Waals surface area contributed by atoms with Crippen LogP contribution in [0, 0.1) is 6.92 Å². The van der Waals surface area contributed by atoms with Crippen LogP contribution in [0.1, 0.15) is 5.56 Å². The summed E-state index contributed by atoms with van der Waals surface area (Å²) >= 11 is 0. The Morgan fingerprint density at radius 3 is 2.29 bits per heavy atom. The number of halogens is 3. The molecule has 0 aliphatic heterocycles. The molecule has 0 unspecified atom stereocenters. The third kappa shape index (κ3) is 3.44. The number of methoxy groups -OCH3 is 2. The molecule has 0 bridgehead atoms. The Labute approximate surface area is 97.5 Å². The highest BCUT2D eigenvalue weighted by atomic mass is 19.4. The summed E-state index contributed by atoms with van der Waals surface area (Å²) in [4.78, 5) is 0. The molecule has 96 valence electrons. The second-order valence-electron chi connectivity index (χ2n) is 3.44. The number of hydrogen-bond acceptors (Lipinski definition) is 3. The van der Waals surface area contributed by atoms with Gasteiger partial charge >= 0.3 is 6.18 Å². The number of benzene rings is 1. The fourth-order valence-electron chi connectivity index (χ4n) is 1.49. The lowest BCUT2D eigenvalue weighted by molar-refractivity contribution is -0.115. The maximum absolute atomic E-state index is 12.1. The van der Waals surface area contributed by atoms with Crippen LogP contribution in [0.2, 0.25) is 0 Å². The Kier molecular flexibility index (Phi) is 4.09. The fourth-order valence-corrected chi connectivity index (χ4v) is 1.49. The predicted octanol–water partition coefficient (Wildman–Crippen LogP) is 2.99. The van der Waals surface area contributed by atoms with Gasteiger partial charge in [-0.2, -0.15) is 13.2 Å². The maximum Gasteiger partial charge on any atom is 0.405 e. The van der Waals surface area contributed by atoms with Crippen molar-refractivity contribution in [3.63, 3.8) is 0 Å². The summed E-state index contributed by atoms with van der Waals surface area (Å²) in [6.45, 7) is 0.617. The van der Waals surface area contributed by atoms with Crippen molar-refractivity contribution in [3.05, 3.63) is 17.7 Å². The predicted molar refractivity (Wildman–Crippen MR) is 58.8 cm³/mol.